The largest absolute Gasteiger partial charge is 0.457 e. The third kappa shape index (κ3) is 3.67. The van der Waals surface area contributed by atoms with Crippen LogP contribution in [0.15, 0.2) is 90.2 Å². The molecule has 7 heteroatoms. The number of hydrogen-bond donors (Lipinski definition) is 1. The van der Waals surface area contributed by atoms with Gasteiger partial charge in [0.15, 0.2) is 0 Å². The molecule has 1 aliphatic rings. The van der Waals surface area contributed by atoms with E-state index in [1.165, 1.54) is 6.08 Å². The molecule has 0 bridgehead atoms. The number of hydrogen-bond acceptors (Lipinski definition) is 4. The predicted octanol–water partition coefficient (Wildman–Crippen LogP) is 4.13. The Morgan fingerprint density at radius 1 is 1.00 bits per heavy atom. The van der Waals surface area contributed by atoms with Gasteiger partial charge in [-0.25, -0.2) is 4.79 Å². The van der Waals surface area contributed by atoms with Crippen molar-refractivity contribution in [1.29, 1.82) is 0 Å². The highest BCUT2D eigenvalue weighted by Gasteiger charge is 2.30. The van der Waals surface area contributed by atoms with Crippen LogP contribution in [-0.2, 0) is 4.79 Å². The molecule has 2 heterocycles. The van der Waals surface area contributed by atoms with Gasteiger partial charge in [0.25, 0.3) is 0 Å². The number of imidazole rings is 1. The van der Waals surface area contributed by atoms with Crippen LogP contribution in [0, 0.1) is 0 Å². The number of carbonyl (C=O) groups is 1. The van der Waals surface area contributed by atoms with Gasteiger partial charge in [0, 0.05) is 13.1 Å². The Morgan fingerprint density at radius 2 is 1.73 bits per heavy atom. The normalized spacial score (nSPS) is 15.6. The van der Waals surface area contributed by atoms with Gasteiger partial charge < -0.3 is 15.4 Å². The van der Waals surface area contributed by atoms with E-state index < -0.39 is 0 Å². The van der Waals surface area contributed by atoms with Gasteiger partial charge in [-0.2, -0.15) is 0 Å². The summed E-state index contributed by atoms with van der Waals surface area (Å²) < 4.78 is 9.27. The first kappa shape index (κ1) is 20.6. The molecule has 0 saturated carbocycles. The Morgan fingerprint density at radius 3 is 2.45 bits per heavy atom. The van der Waals surface area contributed by atoms with Gasteiger partial charge >= 0.3 is 5.69 Å². The molecule has 0 unspecified atom stereocenters. The Balaban J connectivity index is 1.55. The monoisotopic (exact) mass is 440 g/mol. The molecule has 1 aromatic heterocycles. The fraction of sp³-hybridized carbons (Fsp3) is 0.154. The number of ether oxygens (including phenoxy) is 1. The molecule has 4 aromatic rings. The topological polar surface area (TPSA) is 82.5 Å². The number of para-hydroxylation sites is 2. The van der Waals surface area contributed by atoms with Crippen molar-refractivity contribution >= 4 is 22.6 Å². The molecule has 3 aromatic carbocycles. The van der Waals surface area contributed by atoms with E-state index in [-0.39, 0.29) is 17.6 Å². The summed E-state index contributed by atoms with van der Waals surface area (Å²) in [7, 11) is 0. The summed E-state index contributed by atoms with van der Waals surface area (Å²) in [5.41, 5.74) is 8.77. The smallest absolute Gasteiger partial charge is 0.334 e. The average molecular weight is 441 g/mol. The molecule has 0 spiro atoms. The molecular formula is C26H24N4O3. The number of nitrogens with two attached hydrogens (primary N) is 1. The van der Waals surface area contributed by atoms with E-state index in [1.807, 2.05) is 66.7 Å². The third-order valence-corrected chi connectivity index (χ3v) is 6.02. The van der Waals surface area contributed by atoms with E-state index in [9.17, 15) is 9.59 Å². The Hall–Kier alpha value is -4.26. The second-order valence-corrected chi connectivity index (χ2v) is 8.04. The van der Waals surface area contributed by atoms with Crippen LogP contribution < -0.4 is 16.2 Å². The third-order valence-electron chi connectivity index (χ3n) is 6.02. The molecule has 1 atom stereocenters. The van der Waals surface area contributed by atoms with Crippen molar-refractivity contribution in [2.75, 3.05) is 18.8 Å². The lowest BCUT2D eigenvalue weighted by Crippen LogP contribution is -2.31. The summed E-state index contributed by atoms with van der Waals surface area (Å²) >= 11 is 0. The lowest BCUT2D eigenvalue weighted by atomic mass is 10.2. The van der Waals surface area contributed by atoms with E-state index in [1.54, 1.807) is 20.1 Å². The number of benzene rings is 3. The van der Waals surface area contributed by atoms with Gasteiger partial charge in [-0.3, -0.25) is 13.9 Å². The standard InChI is InChI=1S/C26H24N4O3/c1-2-24(31)28-16-15-19(17-28)29-23-10-6-9-22(27)25(23)30(26(29)32)18-11-13-21(14-12-18)33-20-7-4-3-5-8-20/h2-14,19H,1,15-17,27H2/t19-/m1/s1. The number of likely N-dealkylation sites (tertiary alicyclic amines) is 1. The molecule has 0 radical (unpaired) electrons. The maximum Gasteiger partial charge on any atom is 0.334 e. The Bertz CT molecular complexity index is 1390. The molecule has 166 valence electrons. The van der Waals surface area contributed by atoms with Gasteiger partial charge in [0.2, 0.25) is 5.91 Å². The second kappa shape index (κ2) is 8.35. The Labute approximate surface area is 190 Å². The van der Waals surface area contributed by atoms with E-state index in [2.05, 4.69) is 6.58 Å². The van der Waals surface area contributed by atoms with Gasteiger partial charge in [0.1, 0.15) is 11.5 Å². The first-order chi connectivity index (χ1) is 16.1. The van der Waals surface area contributed by atoms with Crippen LogP contribution in [0.3, 0.4) is 0 Å². The van der Waals surface area contributed by atoms with E-state index in [0.717, 1.165) is 11.3 Å². The highest BCUT2D eigenvalue weighted by Crippen LogP contribution is 2.30. The van der Waals surface area contributed by atoms with Crippen molar-refractivity contribution in [2.45, 2.75) is 12.5 Å². The zero-order valence-electron chi connectivity index (χ0n) is 18.1. The minimum absolute atomic E-state index is 0.122. The quantitative estimate of drug-likeness (QED) is 0.374. The minimum atomic E-state index is -0.183. The lowest BCUT2D eigenvalue weighted by molar-refractivity contribution is -0.125. The first-order valence-corrected chi connectivity index (χ1v) is 10.8. The van der Waals surface area contributed by atoms with Crippen molar-refractivity contribution in [3.05, 3.63) is 95.9 Å². The van der Waals surface area contributed by atoms with Crippen molar-refractivity contribution in [3.8, 4) is 17.2 Å². The lowest BCUT2D eigenvalue weighted by Gasteiger charge is -2.15. The summed E-state index contributed by atoms with van der Waals surface area (Å²) in [6.07, 6.45) is 2.00. The number of nitrogens with zero attached hydrogens (tertiary/aromatic N) is 3. The van der Waals surface area contributed by atoms with E-state index in [4.69, 9.17) is 10.5 Å². The van der Waals surface area contributed by atoms with Crippen LogP contribution in [0.25, 0.3) is 16.7 Å². The number of fused-ring (bicyclic) bond motifs is 1. The highest BCUT2D eigenvalue weighted by molar-refractivity contribution is 5.90. The predicted molar refractivity (Wildman–Crippen MR) is 129 cm³/mol. The maximum absolute atomic E-state index is 13.7. The summed E-state index contributed by atoms with van der Waals surface area (Å²) in [4.78, 5) is 27.4. The number of rotatable bonds is 5. The zero-order valence-corrected chi connectivity index (χ0v) is 18.1. The highest BCUT2D eigenvalue weighted by atomic mass is 16.5. The van der Waals surface area contributed by atoms with E-state index in [0.29, 0.717) is 42.2 Å². The number of amides is 1. The van der Waals surface area contributed by atoms with Crippen LogP contribution in [0.5, 0.6) is 11.5 Å². The number of anilines is 1. The molecular weight excluding hydrogens is 416 g/mol. The van der Waals surface area contributed by atoms with Crippen LogP contribution in [0.1, 0.15) is 12.5 Å². The fourth-order valence-electron chi connectivity index (χ4n) is 4.46. The summed E-state index contributed by atoms with van der Waals surface area (Å²) in [6, 6.07) is 22.3. The number of aromatic nitrogens is 2. The van der Waals surface area contributed by atoms with Gasteiger partial charge in [-0.05, 0) is 61.0 Å². The van der Waals surface area contributed by atoms with Crippen LogP contribution >= 0.6 is 0 Å². The molecule has 1 amide bonds. The second-order valence-electron chi connectivity index (χ2n) is 8.04. The van der Waals surface area contributed by atoms with Crippen LogP contribution in [0.2, 0.25) is 0 Å². The van der Waals surface area contributed by atoms with Crippen molar-refractivity contribution in [2.24, 2.45) is 0 Å². The molecule has 33 heavy (non-hydrogen) atoms. The molecule has 0 aliphatic carbocycles. The number of carbonyl (C=O) groups excluding carboxylic acids is 1. The van der Waals surface area contributed by atoms with Gasteiger partial charge in [-0.15, -0.1) is 0 Å². The van der Waals surface area contributed by atoms with Crippen LogP contribution in [-0.4, -0.2) is 33.0 Å². The van der Waals surface area contributed by atoms with Crippen LogP contribution in [0.4, 0.5) is 5.69 Å². The summed E-state index contributed by atoms with van der Waals surface area (Å²) in [5.74, 6) is 1.29. The molecule has 1 fully saturated rings. The van der Waals surface area contributed by atoms with Gasteiger partial charge in [0.05, 0.1) is 28.5 Å². The van der Waals surface area contributed by atoms with Crippen molar-refractivity contribution in [3.63, 3.8) is 0 Å². The molecule has 5 rings (SSSR count). The summed E-state index contributed by atoms with van der Waals surface area (Å²) in [5, 5.41) is 0. The molecule has 2 N–H and O–H groups in total. The molecule has 1 aliphatic heterocycles. The molecule has 1 saturated heterocycles. The Kier molecular flexibility index (Phi) is 5.22. The van der Waals surface area contributed by atoms with Crippen molar-refractivity contribution in [1.82, 2.24) is 14.0 Å². The van der Waals surface area contributed by atoms with Gasteiger partial charge in [-0.1, -0.05) is 30.8 Å². The first-order valence-electron chi connectivity index (χ1n) is 10.8. The van der Waals surface area contributed by atoms with Crippen molar-refractivity contribution < 1.29 is 9.53 Å². The SMILES string of the molecule is C=CC(=O)N1CC[C@@H](n2c(=O)n(-c3ccc(Oc4ccccc4)cc3)c3c(N)cccc32)C1. The average Bonchev–Trinajstić information content (AvgIpc) is 3.43. The number of nitrogen functional groups attached to an aromatic ring is 1. The fourth-order valence-corrected chi connectivity index (χ4v) is 4.46. The zero-order chi connectivity index (χ0) is 22.9. The molecule has 7 nitrogen and oxygen atoms in total. The van der Waals surface area contributed by atoms with E-state index >= 15 is 0 Å². The maximum atomic E-state index is 13.7. The minimum Gasteiger partial charge on any atom is -0.457 e. The summed E-state index contributed by atoms with van der Waals surface area (Å²) in [6.45, 7) is 4.62.